The molecule has 2 N–H and O–H groups in total. The van der Waals surface area contributed by atoms with Gasteiger partial charge in [0, 0.05) is 37.4 Å². The molecule has 0 aromatic carbocycles. The molecule has 5 rings (SSSR count). The summed E-state index contributed by atoms with van der Waals surface area (Å²) in [5, 5.41) is 23.4. The summed E-state index contributed by atoms with van der Waals surface area (Å²) in [4.78, 5) is 12.0. The van der Waals surface area contributed by atoms with E-state index in [0.29, 0.717) is 18.4 Å². The van der Waals surface area contributed by atoms with Gasteiger partial charge in [-0.3, -0.25) is 4.79 Å². The molecule has 1 unspecified atom stereocenters. The topological polar surface area (TPSA) is 94.5 Å². The number of aliphatic hydroxyl groups is 2. The first-order valence-electron chi connectivity index (χ1n) is 16.5. The molecule has 3 saturated carbocycles. The molecule has 0 amide bonds. The molecule has 7 nitrogen and oxygen atoms in total. The fraction of sp³-hybridized carbons (Fsp3) is 0.914. The van der Waals surface area contributed by atoms with Crippen LogP contribution in [0.3, 0.4) is 0 Å². The Morgan fingerprint density at radius 2 is 1.81 bits per heavy atom. The number of allylic oxidation sites excluding steroid dienone is 1. The van der Waals surface area contributed by atoms with Crippen molar-refractivity contribution < 1.29 is 34.0 Å². The van der Waals surface area contributed by atoms with Crippen molar-refractivity contribution in [1.29, 1.82) is 0 Å². The quantitative estimate of drug-likeness (QED) is 0.275. The first-order chi connectivity index (χ1) is 19.5. The van der Waals surface area contributed by atoms with E-state index in [1.54, 1.807) is 7.11 Å². The summed E-state index contributed by atoms with van der Waals surface area (Å²) in [7, 11) is 1.63. The Kier molecular flexibility index (Phi) is 8.35. The Labute approximate surface area is 254 Å². The van der Waals surface area contributed by atoms with E-state index < -0.39 is 17.8 Å². The number of hydrogen-bond donors (Lipinski definition) is 2. The molecular weight excluding hydrogens is 532 g/mol. The van der Waals surface area contributed by atoms with Crippen LogP contribution in [0.2, 0.25) is 0 Å². The summed E-state index contributed by atoms with van der Waals surface area (Å²) >= 11 is 0. The highest BCUT2D eigenvalue weighted by molar-refractivity contribution is 5.66. The van der Waals surface area contributed by atoms with Crippen LogP contribution in [0.5, 0.6) is 0 Å². The SMILES string of the molecule is CCO[C@@H]1O[C@@H]([C@H](O)C(C)(C)OC)C[C@H]1[C@@H]1CC=C2[C@@]3(C)C(CC[C@]21C)[C@@]1(C)CC[C@@H](OC(C)=O)C(C)(C)[C@@H]1C[C@H]3O. The van der Waals surface area contributed by atoms with Gasteiger partial charge in [0.1, 0.15) is 12.2 Å². The average molecular weight is 591 g/mol. The lowest BCUT2D eigenvalue weighted by Crippen LogP contribution is -2.65. The summed E-state index contributed by atoms with van der Waals surface area (Å²) in [6.45, 7) is 19.6. The van der Waals surface area contributed by atoms with Gasteiger partial charge in [-0.25, -0.2) is 0 Å². The maximum absolute atomic E-state index is 12.2. The van der Waals surface area contributed by atoms with Crippen molar-refractivity contribution >= 4 is 5.97 Å². The van der Waals surface area contributed by atoms with Crippen LogP contribution < -0.4 is 0 Å². The van der Waals surface area contributed by atoms with E-state index in [1.807, 2.05) is 20.8 Å². The fourth-order valence-electron chi connectivity index (χ4n) is 11.2. The van der Waals surface area contributed by atoms with Crippen LogP contribution in [0.4, 0.5) is 0 Å². The van der Waals surface area contributed by atoms with Crippen LogP contribution in [0.15, 0.2) is 11.6 Å². The molecule has 1 aliphatic heterocycles. The van der Waals surface area contributed by atoms with Gasteiger partial charge in [0.15, 0.2) is 6.29 Å². The van der Waals surface area contributed by atoms with Gasteiger partial charge in [-0.05, 0) is 94.3 Å². The van der Waals surface area contributed by atoms with Gasteiger partial charge in [-0.15, -0.1) is 0 Å². The summed E-state index contributed by atoms with van der Waals surface area (Å²) < 4.78 is 24.1. The van der Waals surface area contributed by atoms with Crippen LogP contribution in [0, 0.1) is 45.3 Å². The van der Waals surface area contributed by atoms with Crippen molar-refractivity contribution in [3.63, 3.8) is 0 Å². The molecule has 5 aliphatic rings. The molecule has 4 fully saturated rings. The van der Waals surface area contributed by atoms with E-state index in [2.05, 4.69) is 40.7 Å². The second kappa shape index (κ2) is 10.8. The lowest BCUT2D eigenvalue weighted by molar-refractivity contribution is -0.221. The molecule has 12 atom stereocenters. The maximum atomic E-state index is 12.2. The third-order valence-corrected chi connectivity index (χ3v) is 13.6. The van der Waals surface area contributed by atoms with Crippen molar-refractivity contribution in [2.24, 2.45) is 45.3 Å². The zero-order chi connectivity index (χ0) is 31.0. The lowest BCUT2D eigenvalue weighted by Gasteiger charge is -2.68. The van der Waals surface area contributed by atoms with Gasteiger partial charge in [0.05, 0.1) is 17.8 Å². The molecule has 1 saturated heterocycles. The highest BCUT2D eigenvalue weighted by atomic mass is 16.7. The van der Waals surface area contributed by atoms with E-state index in [1.165, 1.54) is 12.5 Å². The molecule has 240 valence electrons. The van der Waals surface area contributed by atoms with Crippen LogP contribution in [0.1, 0.15) is 107 Å². The molecule has 4 aliphatic carbocycles. The zero-order valence-electron chi connectivity index (χ0n) is 27.9. The molecule has 0 aromatic rings. The predicted octanol–water partition coefficient (Wildman–Crippen LogP) is 6.05. The summed E-state index contributed by atoms with van der Waals surface area (Å²) in [6, 6.07) is 0. The molecule has 0 bridgehead atoms. The Bertz CT molecular complexity index is 1070. The van der Waals surface area contributed by atoms with Crippen LogP contribution in [-0.4, -0.2) is 66.2 Å². The second-order valence-electron chi connectivity index (χ2n) is 16.2. The van der Waals surface area contributed by atoms with Gasteiger partial charge in [-0.1, -0.05) is 46.3 Å². The number of carbonyl (C=O) groups excluding carboxylic acids is 1. The predicted molar refractivity (Wildman–Crippen MR) is 161 cm³/mol. The Morgan fingerprint density at radius 1 is 1.12 bits per heavy atom. The molecule has 42 heavy (non-hydrogen) atoms. The first kappa shape index (κ1) is 32.4. The number of esters is 1. The number of rotatable bonds is 7. The van der Waals surface area contributed by atoms with Crippen molar-refractivity contribution in [3.8, 4) is 0 Å². The number of hydrogen-bond acceptors (Lipinski definition) is 7. The van der Waals surface area contributed by atoms with Gasteiger partial charge in [-0.2, -0.15) is 0 Å². The highest BCUT2D eigenvalue weighted by Gasteiger charge is 2.69. The summed E-state index contributed by atoms with van der Waals surface area (Å²) in [6.07, 6.45) is 6.83. The molecular formula is C35H58O7. The molecule has 0 aromatic heterocycles. The number of methoxy groups -OCH3 is 1. The normalized spacial score (nSPS) is 47.2. The van der Waals surface area contributed by atoms with Crippen LogP contribution in [0.25, 0.3) is 0 Å². The van der Waals surface area contributed by atoms with E-state index >= 15 is 0 Å². The van der Waals surface area contributed by atoms with Crippen molar-refractivity contribution in [3.05, 3.63) is 11.6 Å². The minimum Gasteiger partial charge on any atom is -0.462 e. The molecule has 0 spiro atoms. The third-order valence-electron chi connectivity index (χ3n) is 13.6. The highest BCUT2D eigenvalue weighted by Crippen LogP contribution is 2.73. The summed E-state index contributed by atoms with van der Waals surface area (Å²) in [5.41, 5.74) is 0.186. The smallest absolute Gasteiger partial charge is 0.302 e. The number of carbonyl (C=O) groups is 1. The van der Waals surface area contributed by atoms with Crippen LogP contribution >= 0.6 is 0 Å². The third kappa shape index (κ3) is 4.66. The number of fused-ring (bicyclic) bond motifs is 5. The van der Waals surface area contributed by atoms with Crippen molar-refractivity contribution in [2.75, 3.05) is 13.7 Å². The van der Waals surface area contributed by atoms with Gasteiger partial charge in [0.2, 0.25) is 0 Å². The van der Waals surface area contributed by atoms with E-state index in [-0.39, 0.29) is 58.0 Å². The maximum Gasteiger partial charge on any atom is 0.302 e. The minimum atomic E-state index is -0.757. The van der Waals surface area contributed by atoms with E-state index in [0.717, 1.165) is 44.9 Å². The van der Waals surface area contributed by atoms with Crippen molar-refractivity contribution in [1.82, 2.24) is 0 Å². The Balaban J connectivity index is 1.43. The summed E-state index contributed by atoms with van der Waals surface area (Å²) in [5.74, 6) is 0.886. The van der Waals surface area contributed by atoms with Gasteiger partial charge in [0.25, 0.3) is 0 Å². The van der Waals surface area contributed by atoms with E-state index in [9.17, 15) is 15.0 Å². The lowest BCUT2D eigenvalue weighted by atomic mass is 9.37. The fourth-order valence-corrected chi connectivity index (χ4v) is 11.2. The zero-order valence-corrected chi connectivity index (χ0v) is 27.9. The largest absolute Gasteiger partial charge is 0.462 e. The van der Waals surface area contributed by atoms with Gasteiger partial charge < -0.3 is 29.2 Å². The van der Waals surface area contributed by atoms with Crippen LogP contribution in [-0.2, 0) is 23.7 Å². The first-order valence-corrected chi connectivity index (χ1v) is 16.5. The Morgan fingerprint density at radius 3 is 2.43 bits per heavy atom. The van der Waals surface area contributed by atoms with E-state index in [4.69, 9.17) is 18.9 Å². The standard InChI is InChI=1S/C35H58O7/c1-11-40-30-21(18-23(42-30)29(38)32(5,6)39-10)22-12-13-24-33(22,7)16-14-25-34(8)17-15-28(41-20(2)36)31(3,4)26(34)19-27(37)35(24,25)9/h13,21-23,25-30,37-38H,11-12,14-19H2,1-10H3/t21-,22-,23+,25?,26-,27+,28+,29-,30+,33-,34+,35-/m0/s1. The molecule has 0 radical (unpaired) electrons. The molecule has 7 heteroatoms. The second-order valence-corrected chi connectivity index (χ2v) is 16.2. The monoisotopic (exact) mass is 590 g/mol. The van der Waals surface area contributed by atoms with Crippen molar-refractivity contribution in [2.45, 2.75) is 144 Å². The number of ether oxygens (including phenoxy) is 4. The van der Waals surface area contributed by atoms with Gasteiger partial charge >= 0.3 is 5.97 Å². The number of aliphatic hydroxyl groups excluding tert-OH is 2. The average Bonchev–Trinajstić information content (AvgIpc) is 3.48. The molecule has 1 heterocycles. The minimum absolute atomic E-state index is 0.0552. The Hall–Kier alpha value is -0.990.